The molecule has 4 N–H and O–H groups in total. The van der Waals surface area contributed by atoms with Crippen LogP contribution in [0.3, 0.4) is 0 Å². The second-order valence-electron chi connectivity index (χ2n) is 4.26. The molecular weight excluding hydrogens is 262 g/mol. The first-order chi connectivity index (χ1) is 9.50. The van der Waals surface area contributed by atoms with Crippen molar-refractivity contribution in [3.63, 3.8) is 0 Å². The monoisotopic (exact) mass is 279 g/mol. The number of nitrogens with zero attached hydrogens (tertiary/aromatic N) is 1. The minimum atomic E-state index is -0.812. The van der Waals surface area contributed by atoms with E-state index in [0.717, 1.165) is 6.42 Å². The standard InChI is InChI=1S/C13H17N3O4/c14-12(19)9-5-6-10(16-8-9)13(20)15-7-3-1-2-4-11(17)18/h5-6,8H,1-4,7H2,(H2,14,19)(H,15,20)(H,17,18). The Morgan fingerprint density at radius 1 is 1.20 bits per heavy atom. The van der Waals surface area contributed by atoms with Gasteiger partial charge in [-0.05, 0) is 25.0 Å². The minimum absolute atomic E-state index is 0.143. The number of primary amides is 1. The van der Waals surface area contributed by atoms with Crippen LogP contribution in [0.25, 0.3) is 0 Å². The number of hydrogen-bond acceptors (Lipinski definition) is 4. The summed E-state index contributed by atoms with van der Waals surface area (Å²) in [4.78, 5) is 36.7. The van der Waals surface area contributed by atoms with Crippen LogP contribution in [0.4, 0.5) is 0 Å². The number of carbonyl (C=O) groups excluding carboxylic acids is 2. The number of carbonyl (C=O) groups is 3. The van der Waals surface area contributed by atoms with Crippen LogP contribution in [0.5, 0.6) is 0 Å². The summed E-state index contributed by atoms with van der Waals surface area (Å²) < 4.78 is 0. The summed E-state index contributed by atoms with van der Waals surface area (Å²) in [5, 5.41) is 11.1. The number of rotatable bonds is 8. The van der Waals surface area contributed by atoms with Gasteiger partial charge in [0.05, 0.1) is 5.56 Å². The molecule has 0 radical (unpaired) electrons. The lowest BCUT2D eigenvalue weighted by molar-refractivity contribution is -0.137. The Balaban J connectivity index is 2.29. The van der Waals surface area contributed by atoms with Gasteiger partial charge in [0, 0.05) is 19.2 Å². The summed E-state index contributed by atoms with van der Waals surface area (Å²) in [6.45, 7) is 0.456. The summed E-state index contributed by atoms with van der Waals surface area (Å²) in [5.41, 5.74) is 5.52. The van der Waals surface area contributed by atoms with Gasteiger partial charge in [-0.15, -0.1) is 0 Å². The molecule has 0 spiro atoms. The predicted octanol–water partition coefficient (Wildman–Crippen LogP) is 0.555. The van der Waals surface area contributed by atoms with E-state index >= 15 is 0 Å². The molecule has 0 unspecified atom stereocenters. The molecule has 0 aliphatic rings. The number of aromatic nitrogens is 1. The Kier molecular flexibility index (Phi) is 6.15. The lowest BCUT2D eigenvalue weighted by Gasteiger charge is -2.04. The Morgan fingerprint density at radius 2 is 1.95 bits per heavy atom. The van der Waals surface area contributed by atoms with Crippen LogP contribution in [0.15, 0.2) is 18.3 Å². The van der Waals surface area contributed by atoms with E-state index in [-0.39, 0.29) is 23.6 Å². The smallest absolute Gasteiger partial charge is 0.303 e. The van der Waals surface area contributed by atoms with E-state index in [1.54, 1.807) is 0 Å². The second kappa shape index (κ2) is 7.88. The second-order valence-corrected chi connectivity index (χ2v) is 4.26. The molecule has 2 amide bonds. The number of carboxylic acids is 1. The molecule has 1 heterocycles. The number of pyridine rings is 1. The summed E-state index contributed by atoms with van der Waals surface area (Å²) in [6.07, 6.45) is 3.43. The maximum atomic E-state index is 11.7. The first-order valence-electron chi connectivity index (χ1n) is 6.26. The Morgan fingerprint density at radius 3 is 2.50 bits per heavy atom. The Labute approximate surface area is 116 Å². The molecule has 0 saturated heterocycles. The van der Waals surface area contributed by atoms with Gasteiger partial charge in [-0.3, -0.25) is 19.4 Å². The highest BCUT2D eigenvalue weighted by molar-refractivity contribution is 5.95. The molecule has 0 saturated carbocycles. The van der Waals surface area contributed by atoms with Crippen LogP contribution >= 0.6 is 0 Å². The molecule has 0 aromatic carbocycles. The quantitative estimate of drug-likeness (QED) is 0.600. The highest BCUT2D eigenvalue weighted by Crippen LogP contribution is 2.01. The van der Waals surface area contributed by atoms with Crippen LogP contribution in [0, 0.1) is 0 Å². The molecule has 108 valence electrons. The molecule has 0 fully saturated rings. The summed E-state index contributed by atoms with van der Waals surface area (Å²) in [5.74, 6) is -1.74. The van der Waals surface area contributed by atoms with Crippen LogP contribution < -0.4 is 11.1 Å². The average molecular weight is 279 g/mol. The molecule has 7 nitrogen and oxygen atoms in total. The van der Waals surface area contributed by atoms with E-state index < -0.39 is 11.9 Å². The third-order valence-corrected chi connectivity index (χ3v) is 2.63. The van der Waals surface area contributed by atoms with Gasteiger partial charge in [0.25, 0.3) is 5.91 Å². The van der Waals surface area contributed by atoms with E-state index in [1.807, 2.05) is 0 Å². The molecule has 1 rings (SSSR count). The van der Waals surface area contributed by atoms with Crippen molar-refractivity contribution in [3.05, 3.63) is 29.6 Å². The number of amides is 2. The van der Waals surface area contributed by atoms with Crippen molar-refractivity contribution >= 4 is 17.8 Å². The molecule has 0 aliphatic heterocycles. The van der Waals surface area contributed by atoms with Gasteiger partial charge < -0.3 is 16.2 Å². The van der Waals surface area contributed by atoms with Crippen LogP contribution in [-0.2, 0) is 4.79 Å². The maximum Gasteiger partial charge on any atom is 0.303 e. The van der Waals surface area contributed by atoms with E-state index in [1.165, 1.54) is 18.3 Å². The zero-order chi connectivity index (χ0) is 15.0. The fourth-order valence-corrected chi connectivity index (χ4v) is 1.54. The fourth-order valence-electron chi connectivity index (χ4n) is 1.54. The van der Waals surface area contributed by atoms with E-state index in [4.69, 9.17) is 10.8 Å². The van der Waals surface area contributed by atoms with E-state index in [0.29, 0.717) is 19.4 Å². The van der Waals surface area contributed by atoms with Crippen molar-refractivity contribution in [2.24, 2.45) is 5.73 Å². The molecule has 1 aromatic rings. The van der Waals surface area contributed by atoms with E-state index in [2.05, 4.69) is 10.3 Å². The highest BCUT2D eigenvalue weighted by atomic mass is 16.4. The Bertz CT molecular complexity index is 485. The summed E-state index contributed by atoms with van der Waals surface area (Å²) >= 11 is 0. The first-order valence-corrected chi connectivity index (χ1v) is 6.26. The Hall–Kier alpha value is -2.44. The lowest BCUT2D eigenvalue weighted by Crippen LogP contribution is -2.25. The maximum absolute atomic E-state index is 11.7. The van der Waals surface area contributed by atoms with Crippen molar-refractivity contribution in [1.82, 2.24) is 10.3 Å². The van der Waals surface area contributed by atoms with Crippen LogP contribution in [0.1, 0.15) is 46.5 Å². The van der Waals surface area contributed by atoms with Gasteiger partial charge in [0.2, 0.25) is 5.91 Å². The first kappa shape index (κ1) is 15.6. The van der Waals surface area contributed by atoms with Crippen molar-refractivity contribution < 1.29 is 19.5 Å². The summed E-state index contributed by atoms with van der Waals surface area (Å²) in [7, 11) is 0. The van der Waals surface area contributed by atoms with Gasteiger partial charge in [-0.1, -0.05) is 6.42 Å². The van der Waals surface area contributed by atoms with Crippen molar-refractivity contribution in [2.45, 2.75) is 25.7 Å². The van der Waals surface area contributed by atoms with Gasteiger partial charge in [-0.25, -0.2) is 0 Å². The lowest BCUT2D eigenvalue weighted by atomic mass is 10.2. The summed E-state index contributed by atoms with van der Waals surface area (Å²) in [6, 6.07) is 2.87. The number of nitrogens with one attached hydrogen (secondary N) is 1. The number of aliphatic carboxylic acids is 1. The molecule has 0 bridgehead atoms. The van der Waals surface area contributed by atoms with Crippen molar-refractivity contribution in [1.29, 1.82) is 0 Å². The van der Waals surface area contributed by atoms with Crippen LogP contribution in [-0.4, -0.2) is 34.4 Å². The van der Waals surface area contributed by atoms with Crippen molar-refractivity contribution in [2.75, 3.05) is 6.54 Å². The van der Waals surface area contributed by atoms with Gasteiger partial charge in [0.1, 0.15) is 5.69 Å². The van der Waals surface area contributed by atoms with E-state index in [9.17, 15) is 14.4 Å². The molecule has 7 heteroatoms. The van der Waals surface area contributed by atoms with Gasteiger partial charge >= 0.3 is 5.97 Å². The molecule has 0 aliphatic carbocycles. The number of hydrogen-bond donors (Lipinski definition) is 3. The SMILES string of the molecule is NC(=O)c1ccc(C(=O)NCCCCCC(=O)O)nc1. The van der Waals surface area contributed by atoms with Crippen LogP contribution in [0.2, 0.25) is 0 Å². The zero-order valence-electron chi connectivity index (χ0n) is 11.0. The third kappa shape index (κ3) is 5.47. The average Bonchev–Trinajstić information content (AvgIpc) is 2.42. The molecule has 0 atom stereocenters. The number of nitrogens with two attached hydrogens (primary N) is 1. The molecule has 1 aromatic heterocycles. The normalized spacial score (nSPS) is 10.0. The number of carboxylic acid groups (broad SMARTS) is 1. The molecular formula is C13H17N3O4. The number of unbranched alkanes of at least 4 members (excludes halogenated alkanes) is 2. The zero-order valence-corrected chi connectivity index (χ0v) is 11.0. The fraction of sp³-hybridized carbons (Fsp3) is 0.385. The topological polar surface area (TPSA) is 122 Å². The third-order valence-electron chi connectivity index (χ3n) is 2.63. The van der Waals surface area contributed by atoms with Crippen molar-refractivity contribution in [3.8, 4) is 0 Å². The van der Waals surface area contributed by atoms with Gasteiger partial charge in [-0.2, -0.15) is 0 Å². The predicted molar refractivity (Wildman–Crippen MR) is 71.2 cm³/mol. The minimum Gasteiger partial charge on any atom is -0.481 e. The highest BCUT2D eigenvalue weighted by Gasteiger charge is 2.07. The van der Waals surface area contributed by atoms with Gasteiger partial charge in [0.15, 0.2) is 0 Å². The largest absolute Gasteiger partial charge is 0.481 e. The molecule has 20 heavy (non-hydrogen) atoms.